The molecule has 2 N–H and O–H groups in total. The number of fused-ring (bicyclic) bond motifs is 1. The van der Waals surface area contributed by atoms with Gasteiger partial charge >= 0.3 is 0 Å². The van der Waals surface area contributed by atoms with Crippen molar-refractivity contribution in [2.45, 2.75) is 70.2 Å². The summed E-state index contributed by atoms with van der Waals surface area (Å²) in [7, 11) is 0. The lowest BCUT2D eigenvalue weighted by Gasteiger charge is -2.42. The van der Waals surface area contributed by atoms with Gasteiger partial charge in [-0.2, -0.15) is 0 Å². The lowest BCUT2D eigenvalue weighted by Crippen LogP contribution is -2.62. The van der Waals surface area contributed by atoms with Crippen LogP contribution in [-0.2, 0) is 0 Å². The van der Waals surface area contributed by atoms with Gasteiger partial charge in [0.2, 0.25) is 0 Å². The van der Waals surface area contributed by atoms with Crippen LogP contribution in [0.2, 0.25) is 0 Å². The zero-order valence-electron chi connectivity index (χ0n) is 11.5. The smallest absolute Gasteiger partial charge is 0.138 e. The van der Waals surface area contributed by atoms with E-state index < -0.39 is 0 Å². The molecule has 0 radical (unpaired) electrons. The Balaban J connectivity index is 1.68. The first kappa shape index (κ1) is 12.4. The molecule has 2 atom stereocenters. The number of nitrogens with zero attached hydrogens (tertiary/aromatic N) is 2. The van der Waals surface area contributed by atoms with Gasteiger partial charge in [-0.15, -0.1) is 0 Å². The van der Waals surface area contributed by atoms with E-state index in [0.717, 1.165) is 25.0 Å². The average Bonchev–Trinajstić information content (AvgIpc) is 2.69. The standard InChI is InChI=1S/C14H26N4/c1-11-16-13-14(17-11)18(10-9-15-13)12-7-5-3-2-4-6-8-12/h12-15H,2-10H2,1H3,(H,16,17). The van der Waals surface area contributed by atoms with E-state index in [1.165, 1.54) is 44.9 Å². The van der Waals surface area contributed by atoms with Crippen molar-refractivity contribution in [1.82, 2.24) is 15.5 Å². The fourth-order valence-electron chi connectivity index (χ4n) is 3.68. The van der Waals surface area contributed by atoms with E-state index in [0.29, 0.717) is 12.3 Å². The first-order valence-electron chi connectivity index (χ1n) is 7.65. The van der Waals surface area contributed by atoms with Crippen LogP contribution in [0.3, 0.4) is 0 Å². The summed E-state index contributed by atoms with van der Waals surface area (Å²) < 4.78 is 0. The largest absolute Gasteiger partial charge is 0.356 e. The molecule has 0 aromatic rings. The Morgan fingerprint density at radius 1 is 1.11 bits per heavy atom. The highest BCUT2D eigenvalue weighted by molar-refractivity contribution is 5.81. The number of rotatable bonds is 1. The van der Waals surface area contributed by atoms with Crippen LogP contribution in [0.1, 0.15) is 51.9 Å². The molecule has 2 heterocycles. The Morgan fingerprint density at radius 3 is 2.61 bits per heavy atom. The maximum atomic E-state index is 4.79. The molecule has 4 heteroatoms. The molecule has 1 saturated heterocycles. The zero-order chi connectivity index (χ0) is 12.4. The Kier molecular flexibility index (Phi) is 3.85. The number of nitrogens with one attached hydrogen (secondary N) is 2. The Morgan fingerprint density at radius 2 is 1.83 bits per heavy atom. The van der Waals surface area contributed by atoms with Crippen LogP contribution in [0.25, 0.3) is 0 Å². The van der Waals surface area contributed by atoms with Crippen LogP contribution in [0.5, 0.6) is 0 Å². The molecule has 18 heavy (non-hydrogen) atoms. The van der Waals surface area contributed by atoms with Crippen LogP contribution in [-0.4, -0.2) is 42.2 Å². The first-order chi connectivity index (χ1) is 8.84. The molecular formula is C14H26N4. The molecule has 1 aliphatic carbocycles. The number of amidine groups is 1. The quantitative estimate of drug-likeness (QED) is 0.744. The lowest BCUT2D eigenvalue weighted by atomic mass is 9.94. The molecule has 0 amide bonds. The van der Waals surface area contributed by atoms with Crippen LogP contribution < -0.4 is 10.6 Å². The zero-order valence-corrected chi connectivity index (χ0v) is 11.5. The Hall–Kier alpha value is -0.610. The SMILES string of the molecule is CC1=NC2C(NCCN2C2CCCCCCC2)N1. The molecule has 2 aliphatic heterocycles. The molecule has 102 valence electrons. The van der Waals surface area contributed by atoms with Gasteiger partial charge in [0.15, 0.2) is 0 Å². The van der Waals surface area contributed by atoms with Crippen molar-refractivity contribution in [3.8, 4) is 0 Å². The van der Waals surface area contributed by atoms with Crippen molar-refractivity contribution in [1.29, 1.82) is 0 Å². The molecule has 0 spiro atoms. The summed E-state index contributed by atoms with van der Waals surface area (Å²) in [5.74, 6) is 1.09. The molecule has 3 aliphatic rings. The summed E-state index contributed by atoms with van der Waals surface area (Å²) in [6, 6.07) is 0.761. The molecule has 3 rings (SSSR count). The van der Waals surface area contributed by atoms with Gasteiger partial charge in [0.25, 0.3) is 0 Å². The molecule has 1 saturated carbocycles. The number of piperazine rings is 1. The summed E-state index contributed by atoms with van der Waals surface area (Å²) in [5.41, 5.74) is 0. The second-order valence-electron chi connectivity index (χ2n) is 5.94. The Bertz CT molecular complexity index is 307. The molecule has 0 aromatic carbocycles. The molecule has 4 nitrogen and oxygen atoms in total. The highest BCUT2D eigenvalue weighted by atomic mass is 15.4. The minimum absolute atomic E-state index is 0.336. The van der Waals surface area contributed by atoms with Gasteiger partial charge in [-0.3, -0.25) is 15.2 Å². The van der Waals surface area contributed by atoms with E-state index in [1.807, 2.05) is 0 Å². The van der Waals surface area contributed by atoms with Gasteiger partial charge in [0, 0.05) is 19.1 Å². The highest BCUT2D eigenvalue weighted by Gasteiger charge is 2.38. The van der Waals surface area contributed by atoms with E-state index in [4.69, 9.17) is 4.99 Å². The number of hydrogen-bond donors (Lipinski definition) is 2. The summed E-state index contributed by atoms with van der Waals surface area (Å²) in [5, 5.41) is 6.99. The third kappa shape index (κ3) is 2.54. The second-order valence-corrected chi connectivity index (χ2v) is 5.94. The lowest BCUT2D eigenvalue weighted by molar-refractivity contribution is 0.0673. The average molecular weight is 250 g/mol. The fraction of sp³-hybridized carbons (Fsp3) is 0.929. The van der Waals surface area contributed by atoms with Crippen molar-refractivity contribution in [3.63, 3.8) is 0 Å². The van der Waals surface area contributed by atoms with Gasteiger partial charge < -0.3 is 5.32 Å². The van der Waals surface area contributed by atoms with E-state index in [-0.39, 0.29) is 0 Å². The number of aliphatic imine (C=N–C) groups is 1. The predicted octanol–water partition coefficient (Wildman–Crippen LogP) is 1.68. The number of hydrogen-bond acceptors (Lipinski definition) is 4. The van der Waals surface area contributed by atoms with Gasteiger partial charge in [-0.1, -0.05) is 32.1 Å². The summed E-state index contributed by atoms with van der Waals surface area (Å²) in [6.45, 7) is 4.33. The van der Waals surface area contributed by atoms with Crippen LogP contribution in [0.15, 0.2) is 4.99 Å². The van der Waals surface area contributed by atoms with Crippen LogP contribution >= 0.6 is 0 Å². The van der Waals surface area contributed by atoms with Gasteiger partial charge in [-0.05, 0) is 19.8 Å². The molecule has 0 aromatic heterocycles. The molecule has 2 unspecified atom stereocenters. The van der Waals surface area contributed by atoms with Gasteiger partial charge in [0.1, 0.15) is 12.3 Å². The summed E-state index contributed by atoms with van der Waals surface area (Å²) >= 11 is 0. The monoisotopic (exact) mass is 250 g/mol. The van der Waals surface area contributed by atoms with Crippen molar-refractivity contribution in [2.24, 2.45) is 4.99 Å². The third-order valence-electron chi connectivity index (χ3n) is 4.61. The van der Waals surface area contributed by atoms with Crippen molar-refractivity contribution in [3.05, 3.63) is 0 Å². The van der Waals surface area contributed by atoms with E-state index in [2.05, 4.69) is 22.5 Å². The van der Waals surface area contributed by atoms with E-state index in [9.17, 15) is 0 Å². The highest BCUT2D eigenvalue weighted by Crippen LogP contribution is 2.26. The molecule has 0 bridgehead atoms. The predicted molar refractivity (Wildman–Crippen MR) is 74.6 cm³/mol. The summed E-state index contributed by atoms with van der Waals surface area (Å²) in [4.78, 5) is 7.45. The molecular weight excluding hydrogens is 224 g/mol. The Labute approximate surface area is 110 Å². The van der Waals surface area contributed by atoms with Gasteiger partial charge in [-0.25, -0.2) is 0 Å². The van der Waals surface area contributed by atoms with Crippen molar-refractivity contribution < 1.29 is 0 Å². The minimum atomic E-state index is 0.336. The van der Waals surface area contributed by atoms with E-state index in [1.54, 1.807) is 0 Å². The second kappa shape index (κ2) is 5.57. The minimum Gasteiger partial charge on any atom is -0.356 e. The molecule has 2 fully saturated rings. The van der Waals surface area contributed by atoms with Crippen molar-refractivity contribution >= 4 is 5.84 Å². The topological polar surface area (TPSA) is 39.7 Å². The maximum absolute atomic E-state index is 4.79. The normalized spacial score (nSPS) is 35.3. The first-order valence-corrected chi connectivity index (χ1v) is 7.65. The van der Waals surface area contributed by atoms with E-state index >= 15 is 0 Å². The summed E-state index contributed by atoms with van der Waals surface area (Å²) in [6.07, 6.45) is 10.5. The third-order valence-corrected chi connectivity index (χ3v) is 4.61. The fourth-order valence-corrected chi connectivity index (χ4v) is 3.68. The maximum Gasteiger partial charge on any atom is 0.138 e. The van der Waals surface area contributed by atoms with Crippen molar-refractivity contribution in [2.75, 3.05) is 13.1 Å². The van der Waals surface area contributed by atoms with Gasteiger partial charge in [0.05, 0.1) is 5.84 Å². The van der Waals surface area contributed by atoms with Crippen LogP contribution in [0.4, 0.5) is 0 Å². The van der Waals surface area contributed by atoms with Crippen LogP contribution in [0, 0.1) is 0 Å².